The van der Waals surface area contributed by atoms with E-state index >= 15 is 0 Å². The highest BCUT2D eigenvalue weighted by atomic mass is 35.5. The number of rotatable bonds is 10. The Labute approximate surface area is 469 Å². The number of aromatic nitrogens is 4. The van der Waals surface area contributed by atoms with Crippen molar-refractivity contribution < 1.29 is 61.6 Å². The van der Waals surface area contributed by atoms with E-state index in [1.807, 2.05) is 18.5 Å². The van der Waals surface area contributed by atoms with E-state index in [1.165, 1.54) is 41.7 Å². The predicted octanol–water partition coefficient (Wildman–Crippen LogP) is 8.47. The fourth-order valence-electron chi connectivity index (χ4n) is 9.91. The van der Waals surface area contributed by atoms with Gasteiger partial charge in [0.15, 0.2) is 0 Å². The van der Waals surface area contributed by atoms with Gasteiger partial charge in [0, 0.05) is 60.2 Å². The third-order valence-corrected chi connectivity index (χ3v) is 13.9. The molecule has 0 aliphatic carbocycles. The van der Waals surface area contributed by atoms with E-state index in [-0.39, 0.29) is 74.9 Å². The van der Waals surface area contributed by atoms with E-state index in [0.717, 1.165) is 47.8 Å². The Bertz CT molecular complexity index is 2830. The molecule has 2 aromatic heterocycles. The standard InChI is InChI=1S/C27H34ClFN4O5.C14H15ClFN3.C13H21NO6.ClH/c1-16-20-8-9-31(15-23(20)33(30-16)14-18-6-7-19(28)12-21(18)29)24(34)11-17-10-22(25(35)37-5)32(13-17)26(36)38-27(2,3)4;1-9-12-4-5-17-7-14(12)19(18-9)8-10-2-3-11(15)6-13(10)16;1-13(2,3)20-12(18)14-7-8(6-10(15)16)5-9(14)11(17)19-4;/h6-7,12,17,22H,8-11,13-15H2,1-5H3;2-3,6,17H,4-5,7-8H2,1H3;8-9H,5-7H2,1-4H3,(H,15,16);1H/t17?,22-;;8?,9-;/m0.0./s1. The van der Waals surface area contributed by atoms with Gasteiger partial charge in [-0.3, -0.25) is 28.8 Å². The van der Waals surface area contributed by atoms with Crippen molar-refractivity contribution in [3.63, 3.8) is 0 Å². The summed E-state index contributed by atoms with van der Waals surface area (Å²) in [6.45, 7) is 18.1. The van der Waals surface area contributed by atoms with Crippen molar-refractivity contribution in [2.75, 3.05) is 40.4 Å². The number of carboxylic acid groups (broad SMARTS) is 1. The van der Waals surface area contributed by atoms with Crippen molar-refractivity contribution in [1.82, 2.24) is 39.6 Å². The van der Waals surface area contributed by atoms with Crippen LogP contribution in [0.1, 0.15) is 112 Å². The van der Waals surface area contributed by atoms with E-state index < -0.39 is 59.2 Å². The number of benzene rings is 2. The Hall–Kier alpha value is -6.03. The zero-order valence-electron chi connectivity index (χ0n) is 45.8. The van der Waals surface area contributed by atoms with Crippen LogP contribution in [0.5, 0.6) is 0 Å². The van der Waals surface area contributed by atoms with Crippen LogP contribution in [0.3, 0.4) is 0 Å². The van der Waals surface area contributed by atoms with Gasteiger partial charge in [0.25, 0.3) is 0 Å². The number of hydrogen-bond acceptors (Lipinski definition) is 13. The number of halogens is 5. The first kappa shape index (κ1) is 62.8. The van der Waals surface area contributed by atoms with E-state index in [1.54, 1.807) is 75.4 Å². The van der Waals surface area contributed by atoms with Gasteiger partial charge < -0.3 is 34.3 Å². The van der Waals surface area contributed by atoms with Crippen LogP contribution in [0.15, 0.2) is 36.4 Å². The summed E-state index contributed by atoms with van der Waals surface area (Å²) in [5, 5.41) is 22.0. The summed E-state index contributed by atoms with van der Waals surface area (Å²) in [5.41, 5.74) is 6.01. The van der Waals surface area contributed by atoms with Crippen LogP contribution < -0.4 is 5.32 Å². The number of aliphatic carboxylic acids is 1. The molecule has 428 valence electrons. The molecule has 2 saturated heterocycles. The number of carbonyl (C=O) groups is 6. The van der Waals surface area contributed by atoms with Gasteiger partial charge in [-0.25, -0.2) is 28.0 Å². The number of ether oxygens (including phenoxy) is 4. The lowest BCUT2D eigenvalue weighted by atomic mass is 9.99. The minimum atomic E-state index is -0.954. The lowest BCUT2D eigenvalue weighted by Gasteiger charge is -2.29. The molecule has 2 unspecified atom stereocenters. The molecule has 4 aliphatic heterocycles. The molecule has 0 saturated carbocycles. The molecule has 4 aliphatic rings. The van der Waals surface area contributed by atoms with Crippen LogP contribution in [0.2, 0.25) is 10.0 Å². The maximum absolute atomic E-state index is 14.4. The summed E-state index contributed by atoms with van der Waals surface area (Å²) in [4.78, 5) is 77.4. The summed E-state index contributed by atoms with van der Waals surface area (Å²) in [6.07, 6.45) is 1.11. The molecule has 2 fully saturated rings. The third-order valence-electron chi connectivity index (χ3n) is 13.5. The molecule has 19 nitrogen and oxygen atoms in total. The van der Waals surface area contributed by atoms with Crippen molar-refractivity contribution >= 4 is 71.6 Å². The molecule has 78 heavy (non-hydrogen) atoms. The van der Waals surface area contributed by atoms with Gasteiger partial charge in [-0.05, 0) is 135 Å². The van der Waals surface area contributed by atoms with Gasteiger partial charge in [0.2, 0.25) is 5.91 Å². The molecule has 24 heteroatoms. The smallest absolute Gasteiger partial charge is 0.411 e. The first-order valence-corrected chi connectivity index (χ1v) is 26.2. The molecular weight excluding hydrogens is 1080 g/mol. The fraction of sp³-hybridized carbons (Fsp3) is 0.556. The minimum absolute atomic E-state index is 0. The molecule has 0 bridgehead atoms. The number of amides is 3. The zero-order valence-corrected chi connectivity index (χ0v) is 48.1. The highest BCUT2D eigenvalue weighted by molar-refractivity contribution is 6.30. The van der Waals surface area contributed by atoms with Crippen molar-refractivity contribution in [1.29, 1.82) is 0 Å². The van der Waals surface area contributed by atoms with Crippen LogP contribution >= 0.6 is 35.6 Å². The number of carbonyl (C=O) groups excluding carboxylic acids is 5. The number of fused-ring (bicyclic) bond motifs is 2. The van der Waals surface area contributed by atoms with Crippen LogP contribution in [-0.4, -0.2) is 139 Å². The van der Waals surface area contributed by atoms with Gasteiger partial charge in [-0.15, -0.1) is 12.4 Å². The van der Waals surface area contributed by atoms with E-state index in [0.29, 0.717) is 53.6 Å². The Morgan fingerprint density at radius 2 is 1.15 bits per heavy atom. The number of aryl methyl sites for hydroxylation is 2. The fourth-order valence-corrected chi connectivity index (χ4v) is 10.2. The van der Waals surface area contributed by atoms with Gasteiger partial charge in [0.1, 0.15) is 34.9 Å². The molecule has 4 aromatic rings. The first-order valence-electron chi connectivity index (χ1n) is 25.5. The average Bonchev–Trinajstić information content (AvgIpc) is 4.17. The lowest BCUT2D eigenvalue weighted by Crippen LogP contribution is -2.44. The second-order valence-electron chi connectivity index (χ2n) is 21.6. The van der Waals surface area contributed by atoms with Crippen LogP contribution in [-0.2, 0) is 77.1 Å². The molecule has 0 spiro atoms. The van der Waals surface area contributed by atoms with Gasteiger partial charge >= 0.3 is 30.1 Å². The molecule has 2 N–H and O–H groups in total. The molecule has 3 amide bonds. The number of carboxylic acids is 1. The number of likely N-dealkylation sites (tertiary alicyclic amines) is 2. The summed E-state index contributed by atoms with van der Waals surface area (Å²) < 4.78 is 52.2. The first-order chi connectivity index (χ1) is 36.1. The van der Waals surface area contributed by atoms with Crippen molar-refractivity contribution in [2.45, 2.75) is 143 Å². The van der Waals surface area contributed by atoms with Crippen LogP contribution in [0.25, 0.3) is 0 Å². The molecule has 6 heterocycles. The number of methoxy groups -OCH3 is 2. The Kier molecular flexibility index (Phi) is 21.5. The van der Waals surface area contributed by atoms with Gasteiger partial charge in [-0.1, -0.05) is 35.3 Å². The minimum Gasteiger partial charge on any atom is -0.481 e. The second-order valence-corrected chi connectivity index (χ2v) is 22.5. The maximum atomic E-state index is 14.4. The quantitative estimate of drug-likeness (QED) is 0.113. The van der Waals surface area contributed by atoms with E-state index in [9.17, 15) is 37.5 Å². The highest BCUT2D eigenvalue weighted by Gasteiger charge is 2.44. The SMILES string of the molecule is COC(=O)[C@@H]1CC(CC(=O)N2CCc3c(C)nn(Cc4ccc(Cl)cc4F)c3C2)CN1C(=O)OC(C)(C)C.COC(=O)[C@@H]1CC(CC(=O)O)CN1C(=O)OC(C)(C)C.Cc1nn(Cc2ccc(Cl)cc2F)c2c1CCNC2.Cl. The zero-order chi connectivity index (χ0) is 56.7. The van der Waals surface area contributed by atoms with Crippen molar-refractivity contribution in [2.24, 2.45) is 11.8 Å². The highest BCUT2D eigenvalue weighted by Crippen LogP contribution is 2.32. The lowest BCUT2D eigenvalue weighted by molar-refractivity contribution is -0.146. The van der Waals surface area contributed by atoms with Gasteiger partial charge in [0.05, 0.1) is 56.6 Å². The van der Waals surface area contributed by atoms with Crippen molar-refractivity contribution in [3.8, 4) is 0 Å². The molecule has 8 rings (SSSR count). The topological polar surface area (TPSA) is 217 Å². The Balaban J connectivity index is 0.000000236. The molecule has 0 radical (unpaired) electrons. The molecule has 2 aromatic carbocycles. The normalized spacial score (nSPS) is 18.7. The number of nitrogens with one attached hydrogen (secondary N) is 1. The number of nitrogens with zero attached hydrogens (tertiary/aromatic N) is 7. The average molecular weight is 1150 g/mol. The third kappa shape index (κ3) is 16.5. The van der Waals surface area contributed by atoms with Crippen LogP contribution in [0, 0.1) is 37.3 Å². The van der Waals surface area contributed by atoms with E-state index in [4.69, 9.17) is 42.5 Å². The van der Waals surface area contributed by atoms with Crippen LogP contribution in [0.4, 0.5) is 18.4 Å². The van der Waals surface area contributed by atoms with Crippen molar-refractivity contribution in [3.05, 3.63) is 103 Å². The summed E-state index contributed by atoms with van der Waals surface area (Å²) >= 11 is 11.7. The predicted molar refractivity (Wildman–Crippen MR) is 287 cm³/mol. The number of esters is 2. The summed E-state index contributed by atoms with van der Waals surface area (Å²) in [5.74, 6) is -3.27. The Morgan fingerprint density at radius 1 is 0.705 bits per heavy atom. The largest absolute Gasteiger partial charge is 0.481 e. The van der Waals surface area contributed by atoms with E-state index in [2.05, 4.69) is 20.3 Å². The second kappa shape index (κ2) is 26.7. The summed E-state index contributed by atoms with van der Waals surface area (Å²) in [7, 11) is 2.51. The summed E-state index contributed by atoms with van der Waals surface area (Å²) in [6, 6.07) is 7.76. The monoisotopic (exact) mass is 1150 g/mol. The molecular formula is C54H71Cl3F2N8O11. The Morgan fingerprint density at radius 3 is 1.59 bits per heavy atom. The number of hydrogen-bond donors (Lipinski definition) is 2. The molecule has 4 atom stereocenters. The maximum Gasteiger partial charge on any atom is 0.411 e. The van der Waals surface area contributed by atoms with Gasteiger partial charge in [-0.2, -0.15) is 10.2 Å².